The standard InChI is InChI=1S/C24H26ClNO4/c1-4-29-18-7-5-6-17(13-18)23(28)26-10-8-24(9-11-26)14-19(27)21-16(3)22(25)15(2)12-20(21)30-24/h5-7,12-13H,4,8-11,14H2,1-3H3. The number of hydrogen-bond acceptors (Lipinski definition) is 4. The van der Waals surface area contributed by atoms with Crippen molar-refractivity contribution in [3.8, 4) is 11.5 Å². The fourth-order valence-electron chi connectivity index (χ4n) is 4.46. The number of amides is 1. The number of halogens is 1. The van der Waals surface area contributed by atoms with Gasteiger partial charge in [0.1, 0.15) is 17.1 Å². The molecule has 1 fully saturated rings. The first-order valence-corrected chi connectivity index (χ1v) is 10.8. The first-order chi connectivity index (χ1) is 14.3. The average Bonchev–Trinajstić information content (AvgIpc) is 2.72. The number of piperidine rings is 1. The van der Waals surface area contributed by atoms with Crippen molar-refractivity contribution in [3.05, 3.63) is 57.6 Å². The van der Waals surface area contributed by atoms with Crippen LogP contribution in [0, 0.1) is 13.8 Å². The maximum absolute atomic E-state index is 13.0. The van der Waals surface area contributed by atoms with E-state index < -0.39 is 5.60 Å². The zero-order valence-electron chi connectivity index (χ0n) is 17.6. The molecule has 2 heterocycles. The van der Waals surface area contributed by atoms with Gasteiger partial charge in [-0.2, -0.15) is 0 Å². The molecule has 2 aromatic rings. The molecule has 1 amide bonds. The molecule has 0 aromatic heterocycles. The van der Waals surface area contributed by atoms with Crippen molar-refractivity contribution in [1.82, 2.24) is 4.90 Å². The van der Waals surface area contributed by atoms with Crippen LogP contribution in [0.2, 0.25) is 5.02 Å². The van der Waals surface area contributed by atoms with Gasteiger partial charge in [-0.3, -0.25) is 9.59 Å². The van der Waals surface area contributed by atoms with E-state index in [0.717, 1.165) is 11.1 Å². The Hall–Kier alpha value is -2.53. The summed E-state index contributed by atoms with van der Waals surface area (Å²) in [6.07, 6.45) is 1.56. The Bertz CT molecular complexity index is 1010. The smallest absolute Gasteiger partial charge is 0.253 e. The van der Waals surface area contributed by atoms with Crippen molar-refractivity contribution in [2.75, 3.05) is 19.7 Å². The van der Waals surface area contributed by atoms with E-state index in [4.69, 9.17) is 21.1 Å². The second kappa shape index (κ2) is 7.95. The monoisotopic (exact) mass is 427 g/mol. The second-order valence-corrected chi connectivity index (χ2v) is 8.52. The number of rotatable bonds is 3. The van der Waals surface area contributed by atoms with Crippen LogP contribution in [0.15, 0.2) is 30.3 Å². The molecule has 0 aliphatic carbocycles. The lowest BCUT2D eigenvalue weighted by Gasteiger charge is -2.44. The number of aryl methyl sites for hydroxylation is 1. The summed E-state index contributed by atoms with van der Waals surface area (Å²) in [7, 11) is 0. The normalized spacial score (nSPS) is 17.5. The van der Waals surface area contributed by atoms with Crippen molar-refractivity contribution >= 4 is 23.3 Å². The van der Waals surface area contributed by atoms with Crippen LogP contribution in [0.3, 0.4) is 0 Å². The molecular formula is C24H26ClNO4. The summed E-state index contributed by atoms with van der Waals surface area (Å²) in [5.41, 5.74) is 2.35. The summed E-state index contributed by atoms with van der Waals surface area (Å²) < 4.78 is 11.9. The van der Waals surface area contributed by atoms with Crippen LogP contribution in [0.5, 0.6) is 11.5 Å². The first kappa shape index (κ1) is 20.7. The molecule has 2 aliphatic rings. The van der Waals surface area contributed by atoms with Gasteiger partial charge in [0.05, 0.1) is 18.6 Å². The van der Waals surface area contributed by atoms with Crippen molar-refractivity contribution in [3.63, 3.8) is 0 Å². The van der Waals surface area contributed by atoms with E-state index in [1.165, 1.54) is 0 Å². The molecule has 2 aromatic carbocycles. The number of nitrogens with zero attached hydrogens (tertiary/aromatic N) is 1. The lowest BCUT2D eigenvalue weighted by molar-refractivity contribution is -0.00582. The summed E-state index contributed by atoms with van der Waals surface area (Å²) >= 11 is 6.34. The average molecular weight is 428 g/mol. The number of ether oxygens (including phenoxy) is 2. The number of Topliss-reactive ketones (excluding diaryl/α,β-unsaturated/α-hetero) is 1. The number of ketones is 1. The molecule has 6 heteroatoms. The molecule has 5 nitrogen and oxygen atoms in total. The number of fused-ring (bicyclic) bond motifs is 1. The highest BCUT2D eigenvalue weighted by Gasteiger charge is 2.44. The largest absolute Gasteiger partial charge is 0.494 e. The van der Waals surface area contributed by atoms with Gasteiger partial charge in [-0.25, -0.2) is 0 Å². The molecule has 30 heavy (non-hydrogen) atoms. The van der Waals surface area contributed by atoms with Crippen molar-refractivity contribution < 1.29 is 19.1 Å². The van der Waals surface area contributed by atoms with Crippen molar-refractivity contribution in [1.29, 1.82) is 0 Å². The van der Waals surface area contributed by atoms with E-state index in [-0.39, 0.29) is 11.7 Å². The number of hydrogen-bond donors (Lipinski definition) is 0. The Labute approximate surface area is 181 Å². The predicted octanol–water partition coefficient (Wildman–Crippen LogP) is 5.00. The second-order valence-electron chi connectivity index (χ2n) is 8.14. The molecule has 0 atom stereocenters. The van der Waals surface area contributed by atoms with Gasteiger partial charge >= 0.3 is 0 Å². The summed E-state index contributed by atoms with van der Waals surface area (Å²) in [5.74, 6) is 1.36. The fourth-order valence-corrected chi connectivity index (χ4v) is 4.61. The number of benzene rings is 2. The molecule has 1 saturated heterocycles. The maximum Gasteiger partial charge on any atom is 0.253 e. The van der Waals surface area contributed by atoms with Crippen molar-refractivity contribution in [2.45, 2.75) is 45.6 Å². The molecule has 0 radical (unpaired) electrons. The van der Waals surface area contributed by atoms with Gasteiger partial charge in [-0.05, 0) is 56.2 Å². The summed E-state index contributed by atoms with van der Waals surface area (Å²) in [5, 5.41) is 0.622. The fraction of sp³-hybridized carbons (Fsp3) is 0.417. The van der Waals surface area contributed by atoms with E-state index in [1.807, 2.05) is 43.9 Å². The molecule has 0 saturated carbocycles. The van der Waals surface area contributed by atoms with Crippen molar-refractivity contribution in [2.24, 2.45) is 0 Å². The molecule has 0 unspecified atom stereocenters. The topological polar surface area (TPSA) is 55.8 Å². The van der Waals surface area contributed by atoms with Crippen LogP contribution in [0.4, 0.5) is 0 Å². The number of carbonyl (C=O) groups excluding carboxylic acids is 2. The summed E-state index contributed by atoms with van der Waals surface area (Å²) in [6.45, 7) is 7.35. The van der Waals surface area contributed by atoms with Gasteiger partial charge < -0.3 is 14.4 Å². The van der Waals surface area contributed by atoms with Crippen LogP contribution >= 0.6 is 11.6 Å². The minimum atomic E-state index is -0.555. The predicted molar refractivity (Wildman–Crippen MR) is 116 cm³/mol. The molecule has 0 bridgehead atoms. The quantitative estimate of drug-likeness (QED) is 0.692. The highest BCUT2D eigenvalue weighted by molar-refractivity contribution is 6.32. The molecule has 158 valence electrons. The third kappa shape index (κ3) is 3.67. The highest BCUT2D eigenvalue weighted by atomic mass is 35.5. The van der Waals surface area contributed by atoms with Crippen LogP contribution in [0.1, 0.15) is 58.0 Å². The number of carbonyl (C=O) groups is 2. The van der Waals surface area contributed by atoms with Gasteiger partial charge in [-0.15, -0.1) is 0 Å². The zero-order valence-corrected chi connectivity index (χ0v) is 18.3. The Morgan fingerprint density at radius 2 is 1.97 bits per heavy atom. The van der Waals surface area contributed by atoms with Crippen LogP contribution in [-0.2, 0) is 0 Å². The molecule has 0 N–H and O–H groups in total. The van der Waals surface area contributed by atoms with Gasteiger partial charge in [0, 0.05) is 36.5 Å². The third-order valence-corrected chi connectivity index (χ3v) is 6.67. The van der Waals surface area contributed by atoms with Crippen LogP contribution in [0.25, 0.3) is 0 Å². The lowest BCUT2D eigenvalue weighted by Crippen LogP contribution is -2.52. The Balaban J connectivity index is 1.50. The highest BCUT2D eigenvalue weighted by Crippen LogP contribution is 2.43. The SMILES string of the molecule is CCOc1cccc(C(=O)N2CCC3(CC2)CC(=O)c2c(cc(C)c(Cl)c2C)O3)c1. The van der Waals surface area contributed by atoms with Gasteiger partial charge in [0.15, 0.2) is 5.78 Å². The summed E-state index contributed by atoms with van der Waals surface area (Å²) in [6, 6.07) is 9.13. The van der Waals surface area contributed by atoms with E-state index in [0.29, 0.717) is 66.6 Å². The van der Waals surface area contributed by atoms with Crippen LogP contribution in [-0.4, -0.2) is 41.9 Å². The van der Waals surface area contributed by atoms with Crippen LogP contribution < -0.4 is 9.47 Å². The van der Waals surface area contributed by atoms with E-state index in [1.54, 1.807) is 12.1 Å². The van der Waals surface area contributed by atoms with E-state index >= 15 is 0 Å². The van der Waals surface area contributed by atoms with E-state index in [9.17, 15) is 9.59 Å². The van der Waals surface area contributed by atoms with Gasteiger partial charge in [0.2, 0.25) is 0 Å². The third-order valence-electron chi connectivity index (χ3n) is 6.09. The Morgan fingerprint density at radius 3 is 2.67 bits per heavy atom. The summed E-state index contributed by atoms with van der Waals surface area (Å²) in [4.78, 5) is 27.7. The maximum atomic E-state index is 13.0. The number of likely N-dealkylation sites (tertiary alicyclic amines) is 1. The Kier molecular flexibility index (Phi) is 5.49. The first-order valence-electron chi connectivity index (χ1n) is 10.4. The molecule has 1 spiro atoms. The lowest BCUT2D eigenvalue weighted by atomic mass is 9.81. The Morgan fingerprint density at radius 1 is 1.23 bits per heavy atom. The zero-order chi connectivity index (χ0) is 21.5. The molecular weight excluding hydrogens is 402 g/mol. The molecule has 2 aliphatic heterocycles. The van der Waals surface area contributed by atoms with E-state index in [2.05, 4.69) is 0 Å². The molecule has 4 rings (SSSR count). The van der Waals surface area contributed by atoms with Gasteiger partial charge in [0.25, 0.3) is 5.91 Å². The van der Waals surface area contributed by atoms with Gasteiger partial charge in [-0.1, -0.05) is 17.7 Å². The minimum absolute atomic E-state index is 0.0209. The minimum Gasteiger partial charge on any atom is -0.494 e.